The van der Waals surface area contributed by atoms with Crippen molar-refractivity contribution in [2.75, 3.05) is 25.0 Å². The third kappa shape index (κ3) is 4.37. The van der Waals surface area contributed by atoms with Gasteiger partial charge in [0.2, 0.25) is 0 Å². The molecule has 4 heterocycles. The van der Waals surface area contributed by atoms with Crippen molar-refractivity contribution < 1.29 is 8.78 Å². The number of halogens is 2. The molecule has 1 atom stereocenters. The molecule has 6 nitrogen and oxygen atoms in total. The fraction of sp³-hybridized carbons (Fsp3) is 0.500. The number of anilines is 1. The molecule has 4 aliphatic rings. The van der Waals surface area contributed by atoms with Crippen LogP contribution in [0.2, 0.25) is 0 Å². The van der Waals surface area contributed by atoms with E-state index in [1.54, 1.807) is 12.1 Å². The number of nitriles is 1. The van der Waals surface area contributed by atoms with Crippen LogP contribution in [0.4, 0.5) is 14.6 Å². The molecule has 1 aliphatic carbocycles. The maximum Gasteiger partial charge on any atom is 0.276 e. The van der Waals surface area contributed by atoms with Gasteiger partial charge < -0.3 is 10.2 Å². The number of hydrogen-bond donors (Lipinski definition) is 1. The highest BCUT2D eigenvalue weighted by Gasteiger charge is 2.45. The van der Waals surface area contributed by atoms with Gasteiger partial charge in [0.15, 0.2) is 5.82 Å². The molecule has 1 N–H and O–H groups in total. The number of nitrogens with one attached hydrogen (secondary N) is 1. The van der Waals surface area contributed by atoms with E-state index in [-0.39, 0.29) is 17.2 Å². The predicted molar refractivity (Wildman–Crippen MR) is 143 cm³/mol. The van der Waals surface area contributed by atoms with Gasteiger partial charge in [0, 0.05) is 23.4 Å². The second-order valence-corrected chi connectivity index (χ2v) is 11.3. The highest BCUT2D eigenvalue weighted by atomic mass is 19.3. The van der Waals surface area contributed by atoms with Crippen molar-refractivity contribution in [3.63, 3.8) is 0 Å². The SMILES string of the molecule is C[C@H]1Nc2nn(c(=O)c3ccc(C4(C#N)CC4)cc23)CCCCN2CCC(CC2)C(F)(F)c2cccc1c2. The molecule has 1 saturated carbocycles. The number of hydrogen-bond acceptors (Lipinski definition) is 5. The summed E-state index contributed by atoms with van der Waals surface area (Å²) in [6.45, 7) is 4.59. The molecule has 2 fully saturated rings. The summed E-state index contributed by atoms with van der Waals surface area (Å²) in [5.74, 6) is -3.02. The van der Waals surface area contributed by atoms with Crippen LogP contribution >= 0.6 is 0 Å². The average molecular weight is 518 g/mol. The van der Waals surface area contributed by atoms with E-state index in [0.29, 0.717) is 49.1 Å². The maximum absolute atomic E-state index is 15.6. The Balaban J connectivity index is 1.44. The van der Waals surface area contributed by atoms with Gasteiger partial charge in [-0.3, -0.25) is 4.79 Å². The van der Waals surface area contributed by atoms with Crippen LogP contribution in [-0.4, -0.2) is 34.3 Å². The van der Waals surface area contributed by atoms with E-state index in [9.17, 15) is 10.1 Å². The lowest BCUT2D eigenvalue weighted by Gasteiger charge is -2.36. The lowest BCUT2D eigenvalue weighted by Crippen LogP contribution is -2.40. The van der Waals surface area contributed by atoms with Gasteiger partial charge in [-0.2, -0.15) is 10.4 Å². The largest absolute Gasteiger partial charge is 0.362 e. The normalized spacial score (nSPS) is 26.2. The van der Waals surface area contributed by atoms with Crippen LogP contribution in [0.15, 0.2) is 47.3 Å². The molecule has 2 aromatic carbocycles. The molecule has 0 amide bonds. The Morgan fingerprint density at radius 1 is 1.00 bits per heavy atom. The van der Waals surface area contributed by atoms with Crippen molar-refractivity contribution in [1.29, 1.82) is 5.26 Å². The Labute approximate surface area is 221 Å². The minimum absolute atomic E-state index is 0.0567. The minimum Gasteiger partial charge on any atom is -0.362 e. The molecule has 0 radical (unpaired) electrons. The van der Waals surface area contributed by atoms with E-state index in [0.717, 1.165) is 43.4 Å². The zero-order valence-corrected chi connectivity index (χ0v) is 21.7. The summed E-state index contributed by atoms with van der Waals surface area (Å²) in [4.78, 5) is 15.7. The standard InChI is InChI=1S/C30H33F2N5O/c1-20-21-5-4-6-24(17-21)30(31,32)22-9-15-36(16-10-22)13-2-3-14-37-28(38)25-8-7-23(29(19-33)11-12-29)18-26(25)27(34-20)35-37/h4-8,17-18,20,22H,2-3,9-16H2,1H3,(H,34,35)/t20-/m1/s1. The zero-order chi connectivity index (χ0) is 26.5. The molecule has 0 spiro atoms. The molecule has 38 heavy (non-hydrogen) atoms. The van der Waals surface area contributed by atoms with E-state index >= 15 is 8.78 Å². The number of fused-ring (bicyclic) bond motifs is 7. The van der Waals surface area contributed by atoms with Gasteiger partial charge in [-0.25, -0.2) is 13.5 Å². The smallest absolute Gasteiger partial charge is 0.276 e. The Hall–Kier alpha value is -3.31. The summed E-state index contributed by atoms with van der Waals surface area (Å²) in [6.07, 6.45) is 4.21. The molecule has 198 valence electrons. The highest BCUT2D eigenvalue weighted by Crippen LogP contribution is 2.48. The Kier molecular flexibility index (Phi) is 6.22. The second kappa shape index (κ2) is 9.46. The van der Waals surface area contributed by atoms with Gasteiger partial charge >= 0.3 is 0 Å². The quantitative estimate of drug-likeness (QED) is 0.447. The molecule has 8 heteroatoms. The van der Waals surface area contributed by atoms with Crippen LogP contribution in [-0.2, 0) is 17.9 Å². The van der Waals surface area contributed by atoms with Crippen molar-refractivity contribution >= 4 is 16.6 Å². The Morgan fingerprint density at radius 3 is 2.50 bits per heavy atom. The average Bonchev–Trinajstić information content (AvgIpc) is 3.74. The van der Waals surface area contributed by atoms with Crippen molar-refractivity contribution in [2.24, 2.45) is 5.92 Å². The monoisotopic (exact) mass is 517 g/mol. The van der Waals surface area contributed by atoms with Crippen molar-refractivity contribution in [3.8, 4) is 6.07 Å². The van der Waals surface area contributed by atoms with Crippen molar-refractivity contribution in [1.82, 2.24) is 14.7 Å². The highest BCUT2D eigenvalue weighted by molar-refractivity contribution is 5.92. The van der Waals surface area contributed by atoms with Crippen LogP contribution in [0.25, 0.3) is 10.8 Å². The van der Waals surface area contributed by atoms with E-state index in [4.69, 9.17) is 5.10 Å². The summed E-state index contributed by atoms with van der Waals surface area (Å²) >= 11 is 0. The van der Waals surface area contributed by atoms with Crippen molar-refractivity contribution in [2.45, 2.75) is 69.4 Å². The molecule has 6 bridgehead atoms. The van der Waals surface area contributed by atoms with Gasteiger partial charge in [0.1, 0.15) is 0 Å². The molecular formula is C30H33F2N5O. The zero-order valence-electron chi connectivity index (χ0n) is 21.7. The lowest BCUT2D eigenvalue weighted by atomic mass is 9.85. The predicted octanol–water partition coefficient (Wildman–Crippen LogP) is 5.72. The summed E-state index contributed by atoms with van der Waals surface area (Å²) in [5, 5.41) is 19.1. The number of benzene rings is 2. The van der Waals surface area contributed by atoms with Crippen LogP contribution in [0.3, 0.4) is 0 Å². The first-order valence-electron chi connectivity index (χ1n) is 13.7. The van der Waals surface area contributed by atoms with Crippen LogP contribution in [0.1, 0.15) is 68.2 Å². The first-order chi connectivity index (χ1) is 18.3. The van der Waals surface area contributed by atoms with E-state index in [2.05, 4.69) is 16.3 Å². The first kappa shape index (κ1) is 25.0. The topological polar surface area (TPSA) is 74.0 Å². The molecule has 1 saturated heterocycles. The molecular weight excluding hydrogens is 484 g/mol. The number of alkyl halides is 2. The van der Waals surface area contributed by atoms with Gasteiger partial charge in [0.25, 0.3) is 11.5 Å². The summed E-state index contributed by atoms with van der Waals surface area (Å²) in [7, 11) is 0. The van der Waals surface area contributed by atoms with Crippen LogP contribution in [0, 0.1) is 17.2 Å². The number of nitrogens with zero attached hydrogens (tertiary/aromatic N) is 4. The van der Waals surface area contributed by atoms with Gasteiger partial charge in [-0.15, -0.1) is 0 Å². The number of aryl methyl sites for hydroxylation is 1. The fourth-order valence-corrected chi connectivity index (χ4v) is 6.09. The molecule has 3 aliphatic heterocycles. The first-order valence-corrected chi connectivity index (χ1v) is 13.7. The molecule has 7 rings (SSSR count). The third-order valence-corrected chi connectivity index (χ3v) is 8.80. The second-order valence-electron chi connectivity index (χ2n) is 11.3. The molecule has 1 aromatic heterocycles. The minimum atomic E-state index is -2.89. The number of rotatable bonds is 1. The van der Waals surface area contributed by atoms with E-state index in [1.165, 1.54) is 10.7 Å². The van der Waals surface area contributed by atoms with E-state index < -0.39 is 17.3 Å². The molecule has 3 aromatic rings. The van der Waals surface area contributed by atoms with Gasteiger partial charge in [-0.1, -0.05) is 24.3 Å². The number of piperidine rings is 1. The van der Waals surface area contributed by atoms with Crippen LogP contribution in [0.5, 0.6) is 0 Å². The lowest BCUT2D eigenvalue weighted by molar-refractivity contribution is -0.0855. The summed E-state index contributed by atoms with van der Waals surface area (Å²) in [6, 6.07) is 14.4. The Bertz CT molecular complexity index is 1460. The fourth-order valence-electron chi connectivity index (χ4n) is 6.09. The Morgan fingerprint density at radius 2 is 1.76 bits per heavy atom. The molecule has 0 unspecified atom stereocenters. The van der Waals surface area contributed by atoms with Crippen molar-refractivity contribution in [3.05, 3.63) is 69.5 Å². The maximum atomic E-state index is 15.6. The van der Waals surface area contributed by atoms with Gasteiger partial charge in [-0.05, 0) is 94.4 Å². The van der Waals surface area contributed by atoms with Gasteiger partial charge in [0.05, 0.1) is 22.9 Å². The van der Waals surface area contributed by atoms with E-state index in [1.807, 2.05) is 31.2 Å². The summed E-state index contributed by atoms with van der Waals surface area (Å²) < 4.78 is 32.8. The number of aromatic nitrogens is 2. The third-order valence-electron chi connectivity index (χ3n) is 8.80. The van der Waals surface area contributed by atoms with Crippen LogP contribution < -0.4 is 10.9 Å². The summed E-state index contributed by atoms with van der Waals surface area (Å²) in [5.41, 5.74) is 1.05.